The molecule has 1 aromatic rings. The number of aromatic nitrogens is 2. The topological polar surface area (TPSA) is 58.4 Å². The molecular weight excluding hydrogens is 194 g/mol. The van der Waals surface area contributed by atoms with Gasteiger partial charge in [-0.15, -0.1) is 0 Å². The third kappa shape index (κ3) is 2.02. The quantitative estimate of drug-likeness (QED) is 0.709. The van der Waals surface area contributed by atoms with Crippen molar-refractivity contribution in [2.75, 3.05) is 13.1 Å². The van der Waals surface area contributed by atoms with Gasteiger partial charge < -0.3 is 10.0 Å². The molecule has 15 heavy (non-hydrogen) atoms. The average Bonchev–Trinajstić information content (AvgIpc) is 2.63. The highest BCUT2D eigenvalue weighted by atomic mass is 16.3. The van der Waals surface area contributed by atoms with Crippen LogP contribution in [0.15, 0.2) is 12.3 Å². The maximum absolute atomic E-state index is 12.0. The number of hydrogen-bond acceptors (Lipinski definition) is 3. The maximum atomic E-state index is 12.0. The summed E-state index contributed by atoms with van der Waals surface area (Å²) >= 11 is 0. The number of β-amino-alcohol motifs (C(OH)–C–C–N with tert-alkyl or cyclic N) is 1. The van der Waals surface area contributed by atoms with E-state index >= 15 is 0 Å². The van der Waals surface area contributed by atoms with Gasteiger partial charge in [0, 0.05) is 26.3 Å². The zero-order valence-electron chi connectivity index (χ0n) is 8.76. The van der Waals surface area contributed by atoms with Crippen molar-refractivity contribution in [2.45, 2.75) is 18.9 Å². The summed E-state index contributed by atoms with van der Waals surface area (Å²) < 4.78 is 1.56. The Morgan fingerprint density at radius 3 is 3.07 bits per heavy atom. The van der Waals surface area contributed by atoms with Crippen LogP contribution >= 0.6 is 0 Å². The van der Waals surface area contributed by atoms with Gasteiger partial charge in [-0.3, -0.25) is 9.48 Å². The minimum absolute atomic E-state index is 0.0475. The molecule has 0 bridgehead atoms. The van der Waals surface area contributed by atoms with Crippen LogP contribution in [0.25, 0.3) is 0 Å². The van der Waals surface area contributed by atoms with Gasteiger partial charge in [0.2, 0.25) is 0 Å². The molecular formula is C10H15N3O2. The van der Waals surface area contributed by atoms with Crippen LogP contribution in [0.4, 0.5) is 0 Å². The van der Waals surface area contributed by atoms with E-state index in [0.717, 1.165) is 19.4 Å². The number of hydrogen-bond donors (Lipinski definition) is 1. The third-order valence-electron chi connectivity index (χ3n) is 2.72. The molecule has 0 spiro atoms. The Morgan fingerprint density at radius 2 is 2.47 bits per heavy atom. The molecule has 1 atom stereocenters. The Morgan fingerprint density at radius 1 is 1.67 bits per heavy atom. The summed E-state index contributed by atoms with van der Waals surface area (Å²) in [6, 6.07) is 1.70. The standard InChI is InChI=1S/C10H15N3O2/c1-12-9(4-5-11-12)10(15)13-6-2-3-8(14)7-13/h4-5,8,14H,2-3,6-7H2,1H3/t8-/m0/s1. The van der Waals surface area contributed by atoms with Crippen molar-refractivity contribution in [1.29, 1.82) is 0 Å². The Labute approximate surface area is 88.3 Å². The van der Waals surface area contributed by atoms with E-state index in [1.807, 2.05) is 0 Å². The van der Waals surface area contributed by atoms with Gasteiger partial charge in [-0.2, -0.15) is 5.10 Å². The summed E-state index contributed by atoms with van der Waals surface area (Å²) in [5.41, 5.74) is 0.573. The van der Waals surface area contributed by atoms with Crippen LogP contribution < -0.4 is 0 Å². The molecule has 1 saturated heterocycles. The molecule has 2 rings (SSSR count). The molecule has 0 unspecified atom stereocenters. The molecule has 1 N–H and O–H groups in total. The zero-order valence-corrected chi connectivity index (χ0v) is 8.76. The Kier molecular flexibility index (Phi) is 2.73. The van der Waals surface area contributed by atoms with Crippen molar-refractivity contribution in [3.63, 3.8) is 0 Å². The summed E-state index contributed by atoms with van der Waals surface area (Å²) in [6.07, 6.45) is 2.88. The van der Waals surface area contributed by atoms with E-state index in [-0.39, 0.29) is 12.0 Å². The molecule has 0 aliphatic carbocycles. The second-order valence-electron chi connectivity index (χ2n) is 3.89. The first kappa shape index (κ1) is 10.2. The molecule has 1 aliphatic heterocycles. The molecule has 0 saturated carbocycles. The lowest BCUT2D eigenvalue weighted by Gasteiger charge is -2.29. The monoisotopic (exact) mass is 209 g/mol. The predicted molar refractivity (Wildman–Crippen MR) is 54.4 cm³/mol. The fourth-order valence-electron chi connectivity index (χ4n) is 1.88. The van der Waals surface area contributed by atoms with E-state index in [1.165, 1.54) is 0 Å². The van der Waals surface area contributed by atoms with Crippen LogP contribution in [-0.2, 0) is 7.05 Å². The highest BCUT2D eigenvalue weighted by Gasteiger charge is 2.24. The SMILES string of the molecule is Cn1nccc1C(=O)N1CCC[C@H](O)C1. The van der Waals surface area contributed by atoms with Crippen molar-refractivity contribution >= 4 is 5.91 Å². The molecule has 0 aromatic carbocycles. The van der Waals surface area contributed by atoms with Crippen LogP contribution in [0.5, 0.6) is 0 Å². The molecule has 1 amide bonds. The number of aryl methyl sites for hydroxylation is 1. The summed E-state index contributed by atoms with van der Waals surface area (Å²) in [6.45, 7) is 1.16. The number of carbonyl (C=O) groups excluding carboxylic acids is 1. The molecule has 1 fully saturated rings. The molecule has 5 nitrogen and oxygen atoms in total. The number of rotatable bonds is 1. The predicted octanol–water partition coefficient (Wildman–Crippen LogP) is 0.0170. The number of amides is 1. The van der Waals surface area contributed by atoms with E-state index < -0.39 is 0 Å². The Balaban J connectivity index is 2.11. The Hall–Kier alpha value is -1.36. The van der Waals surface area contributed by atoms with Gasteiger partial charge in [-0.25, -0.2) is 0 Å². The van der Waals surface area contributed by atoms with Gasteiger partial charge in [0.1, 0.15) is 5.69 Å². The normalized spacial score (nSPS) is 21.7. The van der Waals surface area contributed by atoms with Crippen molar-refractivity contribution in [2.24, 2.45) is 7.05 Å². The zero-order chi connectivity index (χ0) is 10.8. The smallest absolute Gasteiger partial charge is 0.272 e. The van der Waals surface area contributed by atoms with Gasteiger partial charge >= 0.3 is 0 Å². The molecule has 82 valence electrons. The van der Waals surface area contributed by atoms with E-state index in [4.69, 9.17) is 0 Å². The number of aliphatic hydroxyl groups is 1. The van der Waals surface area contributed by atoms with Crippen LogP contribution in [0.3, 0.4) is 0 Å². The second kappa shape index (κ2) is 4.02. The summed E-state index contributed by atoms with van der Waals surface area (Å²) in [5, 5.41) is 13.4. The first-order valence-electron chi connectivity index (χ1n) is 5.14. The number of carbonyl (C=O) groups is 1. The molecule has 1 aromatic heterocycles. The largest absolute Gasteiger partial charge is 0.391 e. The van der Waals surface area contributed by atoms with Crippen molar-refractivity contribution in [3.8, 4) is 0 Å². The van der Waals surface area contributed by atoms with Crippen LogP contribution in [0.1, 0.15) is 23.3 Å². The number of piperidine rings is 1. The lowest BCUT2D eigenvalue weighted by molar-refractivity contribution is 0.0465. The second-order valence-corrected chi connectivity index (χ2v) is 3.89. The van der Waals surface area contributed by atoms with Gasteiger partial charge in [-0.05, 0) is 18.9 Å². The number of likely N-dealkylation sites (tertiary alicyclic amines) is 1. The fraction of sp³-hybridized carbons (Fsp3) is 0.600. The van der Waals surface area contributed by atoms with E-state index in [1.54, 1.807) is 28.9 Å². The van der Waals surface area contributed by atoms with Gasteiger partial charge in [0.15, 0.2) is 0 Å². The third-order valence-corrected chi connectivity index (χ3v) is 2.72. The highest BCUT2D eigenvalue weighted by Crippen LogP contribution is 2.13. The minimum atomic E-state index is -0.379. The van der Waals surface area contributed by atoms with Crippen LogP contribution in [-0.4, -0.2) is 44.9 Å². The summed E-state index contributed by atoms with van der Waals surface area (Å²) in [5.74, 6) is -0.0475. The lowest BCUT2D eigenvalue weighted by Crippen LogP contribution is -2.42. The summed E-state index contributed by atoms with van der Waals surface area (Å²) in [4.78, 5) is 13.7. The lowest BCUT2D eigenvalue weighted by atomic mass is 10.1. The van der Waals surface area contributed by atoms with Gasteiger partial charge in [0.05, 0.1) is 6.10 Å². The first-order valence-corrected chi connectivity index (χ1v) is 5.14. The van der Waals surface area contributed by atoms with Crippen LogP contribution in [0.2, 0.25) is 0 Å². The molecule has 0 radical (unpaired) electrons. The van der Waals surface area contributed by atoms with Crippen molar-refractivity contribution in [1.82, 2.24) is 14.7 Å². The van der Waals surface area contributed by atoms with E-state index in [2.05, 4.69) is 5.10 Å². The average molecular weight is 209 g/mol. The van der Waals surface area contributed by atoms with Gasteiger partial charge in [0.25, 0.3) is 5.91 Å². The number of aliphatic hydroxyl groups excluding tert-OH is 1. The first-order chi connectivity index (χ1) is 7.18. The Bertz CT molecular complexity index is 361. The number of nitrogens with zero attached hydrogens (tertiary/aromatic N) is 3. The van der Waals surface area contributed by atoms with E-state index in [9.17, 15) is 9.90 Å². The van der Waals surface area contributed by atoms with Gasteiger partial charge in [-0.1, -0.05) is 0 Å². The fourth-order valence-corrected chi connectivity index (χ4v) is 1.88. The maximum Gasteiger partial charge on any atom is 0.272 e. The van der Waals surface area contributed by atoms with Crippen molar-refractivity contribution < 1.29 is 9.90 Å². The van der Waals surface area contributed by atoms with E-state index in [0.29, 0.717) is 12.2 Å². The minimum Gasteiger partial charge on any atom is -0.391 e. The summed E-state index contributed by atoms with van der Waals surface area (Å²) in [7, 11) is 1.74. The molecule has 2 heterocycles. The molecule has 1 aliphatic rings. The molecule has 5 heteroatoms. The van der Waals surface area contributed by atoms with Crippen molar-refractivity contribution in [3.05, 3.63) is 18.0 Å². The van der Waals surface area contributed by atoms with Crippen LogP contribution in [0, 0.1) is 0 Å². The highest BCUT2D eigenvalue weighted by molar-refractivity contribution is 5.92.